The van der Waals surface area contributed by atoms with E-state index in [1.165, 1.54) is 11.3 Å². The van der Waals surface area contributed by atoms with E-state index in [0.717, 1.165) is 23.4 Å². The Morgan fingerprint density at radius 1 is 1.43 bits per heavy atom. The summed E-state index contributed by atoms with van der Waals surface area (Å²) in [5.74, 6) is -0.253. The van der Waals surface area contributed by atoms with Gasteiger partial charge in [0, 0.05) is 10.3 Å². The molecule has 0 saturated carbocycles. The Morgan fingerprint density at radius 3 is 2.76 bits per heavy atom. The van der Waals surface area contributed by atoms with Crippen molar-refractivity contribution in [2.75, 3.05) is 11.9 Å². The number of nitrogens with zero attached hydrogens (tertiary/aromatic N) is 1. The van der Waals surface area contributed by atoms with Crippen LogP contribution in [0.4, 0.5) is 5.13 Å². The maximum absolute atomic E-state index is 12.0. The second-order valence-corrected chi connectivity index (χ2v) is 7.37. The minimum atomic E-state index is -0.445. The fourth-order valence-corrected chi connectivity index (χ4v) is 3.26. The lowest BCUT2D eigenvalue weighted by Gasteiger charge is -2.18. The summed E-state index contributed by atoms with van der Waals surface area (Å²) in [4.78, 5) is 29.4. The summed E-state index contributed by atoms with van der Waals surface area (Å²) in [5, 5.41) is 3.49. The average molecular weight is 310 g/mol. The van der Waals surface area contributed by atoms with E-state index in [0.29, 0.717) is 18.2 Å². The number of anilines is 1. The number of amides is 1. The Balaban J connectivity index is 2.06. The van der Waals surface area contributed by atoms with E-state index in [9.17, 15) is 9.59 Å². The van der Waals surface area contributed by atoms with Crippen molar-refractivity contribution >= 4 is 28.3 Å². The molecule has 1 amide bonds. The van der Waals surface area contributed by atoms with E-state index in [2.05, 4.69) is 10.3 Å². The number of aromatic nitrogens is 1. The first-order valence-electron chi connectivity index (χ1n) is 7.28. The maximum Gasteiger partial charge on any atom is 0.309 e. The second kappa shape index (κ2) is 6.13. The van der Waals surface area contributed by atoms with Gasteiger partial charge >= 0.3 is 5.97 Å². The highest BCUT2D eigenvalue weighted by Crippen LogP contribution is 2.33. The van der Waals surface area contributed by atoms with Crippen LogP contribution in [-0.4, -0.2) is 23.5 Å². The summed E-state index contributed by atoms with van der Waals surface area (Å²) in [5.41, 5.74) is 0.560. The topological polar surface area (TPSA) is 68.3 Å². The van der Waals surface area contributed by atoms with Crippen molar-refractivity contribution in [3.8, 4) is 0 Å². The number of hydrogen-bond donors (Lipinski definition) is 1. The van der Waals surface area contributed by atoms with Gasteiger partial charge in [0.1, 0.15) is 0 Å². The van der Waals surface area contributed by atoms with Crippen LogP contribution in [0, 0.1) is 11.3 Å². The molecule has 0 bridgehead atoms. The predicted molar refractivity (Wildman–Crippen MR) is 82.3 cm³/mol. The zero-order chi connectivity index (χ0) is 15.6. The lowest BCUT2D eigenvalue weighted by Crippen LogP contribution is -2.27. The quantitative estimate of drug-likeness (QED) is 0.872. The number of thiazole rings is 1. The molecule has 0 aromatic carbocycles. The first-order chi connectivity index (χ1) is 9.81. The Morgan fingerprint density at radius 2 is 2.14 bits per heavy atom. The molecule has 1 aromatic heterocycles. The molecule has 21 heavy (non-hydrogen) atoms. The maximum atomic E-state index is 12.0. The predicted octanol–water partition coefficient (Wildman–Crippen LogP) is 2.80. The van der Waals surface area contributed by atoms with Gasteiger partial charge in [-0.15, -0.1) is 11.3 Å². The zero-order valence-corrected chi connectivity index (χ0v) is 13.8. The van der Waals surface area contributed by atoms with Crippen LogP contribution >= 0.6 is 11.3 Å². The summed E-state index contributed by atoms with van der Waals surface area (Å²) in [6.45, 7) is 7.84. The Labute approximate surface area is 129 Å². The Kier molecular flexibility index (Phi) is 4.66. The minimum absolute atomic E-state index is 0.0458. The molecular weight excluding hydrogens is 288 g/mol. The molecule has 1 unspecified atom stereocenters. The molecule has 1 aliphatic carbocycles. The van der Waals surface area contributed by atoms with Crippen LogP contribution in [0.15, 0.2) is 0 Å². The van der Waals surface area contributed by atoms with Crippen LogP contribution in [0.25, 0.3) is 0 Å². The standard InChI is InChI=1S/C15H22N2O3S/c1-5-20-12(18)9-6-7-10-11(8-9)21-14(16-10)17-13(19)15(2,3)4/h9H,5-8H2,1-4H3,(H,16,17,19). The highest BCUT2D eigenvalue weighted by Gasteiger charge is 2.29. The van der Waals surface area contributed by atoms with Crippen molar-refractivity contribution in [1.82, 2.24) is 4.98 Å². The van der Waals surface area contributed by atoms with Gasteiger partial charge in [-0.1, -0.05) is 20.8 Å². The van der Waals surface area contributed by atoms with Gasteiger partial charge in [0.15, 0.2) is 5.13 Å². The number of nitrogens with one attached hydrogen (secondary N) is 1. The molecule has 0 fully saturated rings. The molecule has 0 spiro atoms. The Bertz CT molecular complexity index is 546. The van der Waals surface area contributed by atoms with Crippen molar-refractivity contribution in [1.29, 1.82) is 0 Å². The van der Waals surface area contributed by atoms with Crippen molar-refractivity contribution in [3.63, 3.8) is 0 Å². The molecule has 116 valence electrons. The largest absolute Gasteiger partial charge is 0.466 e. The fraction of sp³-hybridized carbons (Fsp3) is 0.667. The Hall–Kier alpha value is -1.43. The molecule has 2 rings (SSSR count). The summed E-state index contributed by atoms with van der Waals surface area (Å²) >= 11 is 1.47. The molecule has 0 radical (unpaired) electrons. The van der Waals surface area contributed by atoms with E-state index < -0.39 is 5.41 Å². The van der Waals surface area contributed by atoms with Gasteiger partial charge in [0.25, 0.3) is 0 Å². The average Bonchev–Trinajstić information content (AvgIpc) is 2.78. The normalized spacial score (nSPS) is 18.0. The molecule has 1 aliphatic rings. The van der Waals surface area contributed by atoms with Crippen LogP contribution in [0.1, 0.15) is 44.7 Å². The lowest BCUT2D eigenvalue weighted by atomic mass is 9.91. The number of fused-ring (bicyclic) bond motifs is 1. The van der Waals surface area contributed by atoms with Gasteiger partial charge in [0.2, 0.25) is 5.91 Å². The number of esters is 1. The van der Waals surface area contributed by atoms with Crippen LogP contribution in [0.5, 0.6) is 0 Å². The molecule has 1 atom stereocenters. The van der Waals surface area contributed by atoms with Crippen LogP contribution in [0.3, 0.4) is 0 Å². The van der Waals surface area contributed by atoms with E-state index in [-0.39, 0.29) is 17.8 Å². The summed E-state index contributed by atoms with van der Waals surface area (Å²) < 4.78 is 5.09. The van der Waals surface area contributed by atoms with Crippen LogP contribution in [-0.2, 0) is 27.2 Å². The van der Waals surface area contributed by atoms with E-state index in [1.54, 1.807) is 0 Å². The van der Waals surface area contributed by atoms with Gasteiger partial charge in [-0.3, -0.25) is 9.59 Å². The van der Waals surface area contributed by atoms with Crippen molar-refractivity contribution < 1.29 is 14.3 Å². The van der Waals surface area contributed by atoms with Gasteiger partial charge < -0.3 is 10.1 Å². The molecule has 5 nitrogen and oxygen atoms in total. The number of carbonyl (C=O) groups excluding carboxylic acids is 2. The number of rotatable bonds is 3. The number of aryl methyl sites for hydroxylation is 1. The number of carbonyl (C=O) groups is 2. The first-order valence-corrected chi connectivity index (χ1v) is 8.09. The summed E-state index contributed by atoms with van der Waals surface area (Å²) in [7, 11) is 0. The monoisotopic (exact) mass is 310 g/mol. The van der Waals surface area contributed by atoms with Gasteiger partial charge in [-0.05, 0) is 26.2 Å². The summed E-state index contributed by atoms with van der Waals surface area (Å²) in [6, 6.07) is 0. The highest BCUT2D eigenvalue weighted by molar-refractivity contribution is 7.15. The SMILES string of the molecule is CCOC(=O)C1CCc2nc(NC(=O)C(C)(C)C)sc2C1. The first kappa shape index (κ1) is 15.9. The molecule has 6 heteroatoms. The number of hydrogen-bond acceptors (Lipinski definition) is 5. The number of ether oxygens (including phenoxy) is 1. The zero-order valence-electron chi connectivity index (χ0n) is 13.0. The van der Waals surface area contributed by atoms with Crippen LogP contribution < -0.4 is 5.32 Å². The smallest absolute Gasteiger partial charge is 0.309 e. The van der Waals surface area contributed by atoms with E-state index in [1.807, 2.05) is 27.7 Å². The van der Waals surface area contributed by atoms with Gasteiger partial charge in [-0.25, -0.2) is 4.98 Å². The second-order valence-electron chi connectivity index (χ2n) is 6.28. The lowest BCUT2D eigenvalue weighted by molar-refractivity contribution is -0.148. The van der Waals surface area contributed by atoms with Gasteiger partial charge in [0.05, 0.1) is 18.2 Å². The molecule has 0 aliphatic heterocycles. The van der Waals surface area contributed by atoms with Gasteiger partial charge in [-0.2, -0.15) is 0 Å². The van der Waals surface area contributed by atoms with Crippen molar-refractivity contribution in [2.45, 2.75) is 47.0 Å². The minimum Gasteiger partial charge on any atom is -0.466 e. The fourth-order valence-electron chi connectivity index (χ4n) is 2.17. The van der Waals surface area contributed by atoms with E-state index >= 15 is 0 Å². The third-order valence-corrected chi connectivity index (χ3v) is 4.50. The third-order valence-electron chi connectivity index (χ3n) is 3.46. The van der Waals surface area contributed by atoms with Crippen molar-refractivity contribution in [2.24, 2.45) is 11.3 Å². The molecule has 1 aromatic rings. The highest BCUT2D eigenvalue weighted by atomic mass is 32.1. The molecule has 0 saturated heterocycles. The summed E-state index contributed by atoms with van der Waals surface area (Å²) in [6.07, 6.45) is 2.19. The third kappa shape index (κ3) is 3.81. The van der Waals surface area contributed by atoms with Crippen molar-refractivity contribution in [3.05, 3.63) is 10.6 Å². The molecular formula is C15H22N2O3S. The molecule has 1 heterocycles. The van der Waals surface area contributed by atoms with E-state index in [4.69, 9.17) is 4.74 Å². The van der Waals surface area contributed by atoms with Crippen LogP contribution in [0.2, 0.25) is 0 Å². The molecule has 1 N–H and O–H groups in total.